The number of oxazole rings is 1. The van der Waals surface area contributed by atoms with Gasteiger partial charge in [0.25, 0.3) is 0 Å². The second-order valence-electron chi connectivity index (χ2n) is 3.30. The van der Waals surface area contributed by atoms with E-state index in [4.69, 9.17) is 4.42 Å². The lowest BCUT2D eigenvalue weighted by Gasteiger charge is -2.25. The van der Waals surface area contributed by atoms with Crippen LogP contribution in [0.2, 0.25) is 0 Å². The molecule has 0 spiro atoms. The molecule has 0 unspecified atom stereocenters. The van der Waals surface area contributed by atoms with Gasteiger partial charge in [-0.15, -0.1) is 0 Å². The summed E-state index contributed by atoms with van der Waals surface area (Å²) in [6.07, 6.45) is 3.79. The Kier molecular flexibility index (Phi) is 2.13. The van der Waals surface area contributed by atoms with Crippen molar-refractivity contribution in [3.05, 3.63) is 17.8 Å². The number of rotatable bonds is 3. The van der Waals surface area contributed by atoms with E-state index in [9.17, 15) is 0 Å². The van der Waals surface area contributed by atoms with Crippen LogP contribution in [-0.4, -0.2) is 18.1 Å². The van der Waals surface area contributed by atoms with Crippen molar-refractivity contribution >= 4 is 0 Å². The average Bonchev–Trinajstić information content (AvgIpc) is 2.44. The summed E-state index contributed by atoms with van der Waals surface area (Å²) in [6.45, 7) is 4.31. The number of aryl methyl sites for hydroxylation is 1. The summed E-state index contributed by atoms with van der Waals surface area (Å²) in [7, 11) is 0. The Balaban J connectivity index is 1.93. The van der Waals surface area contributed by atoms with E-state index in [-0.39, 0.29) is 0 Å². The van der Waals surface area contributed by atoms with E-state index in [1.807, 2.05) is 6.20 Å². The van der Waals surface area contributed by atoms with E-state index >= 15 is 0 Å². The third kappa shape index (κ3) is 1.50. The molecule has 2 heterocycles. The van der Waals surface area contributed by atoms with E-state index in [0.717, 1.165) is 43.5 Å². The first-order valence-corrected chi connectivity index (χ1v) is 4.52. The average molecular weight is 166 g/mol. The molecule has 0 bridgehead atoms. The van der Waals surface area contributed by atoms with Crippen molar-refractivity contribution in [1.29, 1.82) is 0 Å². The van der Waals surface area contributed by atoms with Gasteiger partial charge in [-0.05, 0) is 19.0 Å². The molecule has 1 fully saturated rings. The van der Waals surface area contributed by atoms with Gasteiger partial charge in [0.05, 0.1) is 6.20 Å². The molecule has 0 aromatic carbocycles. The second kappa shape index (κ2) is 3.27. The molecule has 2 rings (SSSR count). The second-order valence-corrected chi connectivity index (χ2v) is 3.30. The molecule has 0 radical (unpaired) electrons. The maximum Gasteiger partial charge on any atom is 0.194 e. The molecule has 0 aliphatic carbocycles. The topological polar surface area (TPSA) is 38.1 Å². The van der Waals surface area contributed by atoms with Crippen LogP contribution < -0.4 is 5.32 Å². The van der Waals surface area contributed by atoms with Crippen LogP contribution in [0.15, 0.2) is 10.6 Å². The van der Waals surface area contributed by atoms with E-state index in [0.29, 0.717) is 0 Å². The fourth-order valence-corrected chi connectivity index (χ4v) is 1.38. The van der Waals surface area contributed by atoms with Crippen molar-refractivity contribution < 1.29 is 4.42 Å². The molecule has 1 saturated heterocycles. The molecular weight excluding hydrogens is 152 g/mol. The molecule has 1 aromatic rings. The standard InChI is InChI=1S/C9H14N2O/c1-2-9-11-6-8(12-9)3-7-4-10-5-7/h6-7,10H,2-5H2,1H3. The maximum absolute atomic E-state index is 5.50. The van der Waals surface area contributed by atoms with Gasteiger partial charge >= 0.3 is 0 Å². The molecule has 0 atom stereocenters. The summed E-state index contributed by atoms with van der Waals surface area (Å²) in [5, 5.41) is 3.24. The van der Waals surface area contributed by atoms with Crippen molar-refractivity contribution in [3.63, 3.8) is 0 Å². The zero-order chi connectivity index (χ0) is 8.39. The van der Waals surface area contributed by atoms with Gasteiger partial charge in [0.1, 0.15) is 5.76 Å². The lowest BCUT2D eigenvalue weighted by Crippen LogP contribution is -2.42. The van der Waals surface area contributed by atoms with E-state index in [1.165, 1.54) is 0 Å². The highest BCUT2D eigenvalue weighted by Crippen LogP contribution is 2.13. The highest BCUT2D eigenvalue weighted by atomic mass is 16.4. The lowest BCUT2D eigenvalue weighted by atomic mass is 9.98. The van der Waals surface area contributed by atoms with Gasteiger partial charge < -0.3 is 9.73 Å². The zero-order valence-electron chi connectivity index (χ0n) is 7.34. The maximum atomic E-state index is 5.50. The molecule has 1 aromatic heterocycles. The van der Waals surface area contributed by atoms with Gasteiger partial charge in [-0.1, -0.05) is 6.92 Å². The summed E-state index contributed by atoms with van der Waals surface area (Å²) in [6, 6.07) is 0. The predicted molar refractivity (Wildman–Crippen MR) is 45.9 cm³/mol. The van der Waals surface area contributed by atoms with Crippen LogP contribution >= 0.6 is 0 Å². The van der Waals surface area contributed by atoms with Gasteiger partial charge in [0.15, 0.2) is 5.89 Å². The summed E-state index contributed by atoms with van der Waals surface area (Å²) >= 11 is 0. The van der Waals surface area contributed by atoms with Crippen LogP contribution in [0, 0.1) is 5.92 Å². The van der Waals surface area contributed by atoms with Crippen LogP contribution in [-0.2, 0) is 12.8 Å². The number of nitrogens with one attached hydrogen (secondary N) is 1. The third-order valence-electron chi connectivity index (χ3n) is 2.26. The summed E-state index contributed by atoms with van der Waals surface area (Å²) in [4.78, 5) is 4.16. The Labute approximate surface area is 72.2 Å². The molecule has 3 heteroatoms. The quantitative estimate of drug-likeness (QED) is 0.728. The number of aromatic nitrogens is 1. The van der Waals surface area contributed by atoms with Gasteiger partial charge in [0, 0.05) is 12.8 Å². The summed E-state index contributed by atoms with van der Waals surface area (Å²) < 4.78 is 5.50. The molecule has 1 N–H and O–H groups in total. The van der Waals surface area contributed by atoms with Crippen molar-refractivity contribution in [2.45, 2.75) is 19.8 Å². The van der Waals surface area contributed by atoms with Crippen molar-refractivity contribution in [2.24, 2.45) is 5.92 Å². The smallest absolute Gasteiger partial charge is 0.194 e. The summed E-state index contributed by atoms with van der Waals surface area (Å²) in [5.41, 5.74) is 0. The van der Waals surface area contributed by atoms with E-state index < -0.39 is 0 Å². The van der Waals surface area contributed by atoms with Crippen molar-refractivity contribution in [1.82, 2.24) is 10.3 Å². The first-order valence-electron chi connectivity index (χ1n) is 4.52. The lowest BCUT2D eigenvalue weighted by molar-refractivity contribution is 0.319. The molecule has 0 saturated carbocycles. The molecule has 1 aliphatic heterocycles. The van der Waals surface area contributed by atoms with Crippen LogP contribution in [0.3, 0.4) is 0 Å². The minimum Gasteiger partial charge on any atom is -0.446 e. The first-order chi connectivity index (χ1) is 5.88. The Morgan fingerprint density at radius 1 is 1.67 bits per heavy atom. The van der Waals surface area contributed by atoms with Crippen LogP contribution in [0.4, 0.5) is 0 Å². The van der Waals surface area contributed by atoms with Crippen molar-refractivity contribution in [2.75, 3.05) is 13.1 Å². The normalized spacial score (nSPS) is 17.8. The molecule has 12 heavy (non-hydrogen) atoms. The van der Waals surface area contributed by atoms with Gasteiger partial charge in [-0.3, -0.25) is 0 Å². The number of nitrogens with zero attached hydrogens (tertiary/aromatic N) is 1. The Hall–Kier alpha value is -0.830. The molecule has 0 amide bonds. The minimum absolute atomic E-state index is 0.766. The largest absolute Gasteiger partial charge is 0.446 e. The highest BCUT2D eigenvalue weighted by Gasteiger charge is 2.18. The number of hydrogen-bond donors (Lipinski definition) is 1. The Morgan fingerprint density at radius 2 is 2.50 bits per heavy atom. The van der Waals surface area contributed by atoms with Gasteiger partial charge in [-0.25, -0.2) is 4.98 Å². The highest BCUT2D eigenvalue weighted by molar-refractivity contribution is 4.97. The monoisotopic (exact) mass is 166 g/mol. The fourth-order valence-electron chi connectivity index (χ4n) is 1.38. The van der Waals surface area contributed by atoms with Crippen molar-refractivity contribution in [3.8, 4) is 0 Å². The molecule has 66 valence electrons. The molecule has 1 aliphatic rings. The predicted octanol–water partition coefficient (Wildman–Crippen LogP) is 0.999. The fraction of sp³-hybridized carbons (Fsp3) is 0.667. The zero-order valence-corrected chi connectivity index (χ0v) is 7.34. The molecule has 3 nitrogen and oxygen atoms in total. The van der Waals surface area contributed by atoms with E-state index in [2.05, 4.69) is 17.2 Å². The van der Waals surface area contributed by atoms with Gasteiger partial charge in [0.2, 0.25) is 0 Å². The number of hydrogen-bond acceptors (Lipinski definition) is 3. The van der Waals surface area contributed by atoms with Crippen LogP contribution in [0.25, 0.3) is 0 Å². The minimum atomic E-state index is 0.766. The Bertz CT molecular complexity index is 253. The third-order valence-corrected chi connectivity index (χ3v) is 2.26. The van der Waals surface area contributed by atoms with Crippen LogP contribution in [0.1, 0.15) is 18.6 Å². The Morgan fingerprint density at radius 3 is 3.00 bits per heavy atom. The van der Waals surface area contributed by atoms with E-state index in [1.54, 1.807) is 0 Å². The SMILES string of the molecule is CCc1ncc(CC2CNC2)o1. The summed E-state index contributed by atoms with van der Waals surface area (Å²) in [5.74, 6) is 2.67. The van der Waals surface area contributed by atoms with Crippen LogP contribution in [0.5, 0.6) is 0 Å². The first kappa shape index (κ1) is 7.80. The van der Waals surface area contributed by atoms with Gasteiger partial charge in [-0.2, -0.15) is 0 Å². The molecular formula is C9H14N2O.